The number of nitrogens with one attached hydrogen (secondary N) is 1. The quantitative estimate of drug-likeness (QED) is 0.917. The van der Waals surface area contributed by atoms with Crippen molar-refractivity contribution < 1.29 is 14.3 Å². The highest BCUT2D eigenvalue weighted by atomic mass is 16.5. The van der Waals surface area contributed by atoms with Crippen molar-refractivity contribution in [1.82, 2.24) is 10.2 Å². The van der Waals surface area contributed by atoms with E-state index in [0.717, 1.165) is 11.3 Å². The zero-order chi connectivity index (χ0) is 15.0. The first-order valence-corrected chi connectivity index (χ1v) is 7.38. The minimum atomic E-state index is -0.418. The first kappa shape index (κ1) is 13.9. The summed E-state index contributed by atoms with van der Waals surface area (Å²) in [7, 11) is 0. The number of rotatable bonds is 3. The maximum absolute atomic E-state index is 12.7. The molecule has 0 saturated carbocycles. The first-order chi connectivity index (χ1) is 10.1. The van der Waals surface area contributed by atoms with Crippen molar-refractivity contribution in [2.24, 2.45) is 5.92 Å². The summed E-state index contributed by atoms with van der Waals surface area (Å²) in [5, 5.41) is 2.80. The van der Waals surface area contributed by atoms with Crippen LogP contribution >= 0.6 is 0 Å². The highest BCUT2D eigenvalue weighted by Gasteiger charge is 2.40. The van der Waals surface area contributed by atoms with E-state index < -0.39 is 6.04 Å². The molecule has 2 aliphatic heterocycles. The summed E-state index contributed by atoms with van der Waals surface area (Å²) in [6.07, 6.45) is 0.663. The zero-order valence-corrected chi connectivity index (χ0v) is 12.3. The summed E-state index contributed by atoms with van der Waals surface area (Å²) in [4.78, 5) is 26.3. The molecule has 3 rings (SSSR count). The third-order valence-corrected chi connectivity index (χ3v) is 3.99. The molecule has 0 radical (unpaired) electrons. The maximum Gasteiger partial charge on any atom is 0.246 e. The number of nitrogens with zero attached hydrogens (tertiary/aromatic N) is 1. The lowest BCUT2D eigenvalue weighted by Gasteiger charge is -2.36. The van der Waals surface area contributed by atoms with Gasteiger partial charge in [0.2, 0.25) is 11.8 Å². The number of fused-ring (bicyclic) bond motifs is 1. The third-order valence-electron chi connectivity index (χ3n) is 3.99. The van der Waals surface area contributed by atoms with Crippen LogP contribution in [0.2, 0.25) is 0 Å². The van der Waals surface area contributed by atoms with Crippen molar-refractivity contribution in [2.45, 2.75) is 32.4 Å². The number of piperazine rings is 1. The van der Waals surface area contributed by atoms with E-state index >= 15 is 0 Å². The summed E-state index contributed by atoms with van der Waals surface area (Å²) in [6, 6.07) is 7.13. The predicted octanol–water partition coefficient (Wildman–Crippen LogP) is 1.49. The van der Waals surface area contributed by atoms with Gasteiger partial charge in [-0.15, -0.1) is 0 Å². The Labute approximate surface area is 124 Å². The van der Waals surface area contributed by atoms with Crippen LogP contribution in [0.5, 0.6) is 5.75 Å². The fourth-order valence-electron chi connectivity index (χ4n) is 3.03. The molecule has 1 aromatic rings. The molecule has 21 heavy (non-hydrogen) atoms. The van der Waals surface area contributed by atoms with Gasteiger partial charge in [0.25, 0.3) is 0 Å². The monoisotopic (exact) mass is 288 g/mol. The summed E-state index contributed by atoms with van der Waals surface area (Å²) >= 11 is 0. The van der Waals surface area contributed by atoms with Gasteiger partial charge in [0.15, 0.2) is 0 Å². The SMILES string of the molecule is CC(C)CC1NC(=O)CN(C2COc3ccccc32)C1=O. The van der Waals surface area contributed by atoms with E-state index in [2.05, 4.69) is 5.32 Å². The number of benzene rings is 1. The van der Waals surface area contributed by atoms with Gasteiger partial charge in [-0.3, -0.25) is 9.59 Å². The lowest BCUT2D eigenvalue weighted by atomic mass is 9.98. The molecule has 2 heterocycles. The van der Waals surface area contributed by atoms with Crippen LogP contribution in [0.4, 0.5) is 0 Å². The van der Waals surface area contributed by atoms with Crippen molar-refractivity contribution in [3.63, 3.8) is 0 Å². The lowest BCUT2D eigenvalue weighted by molar-refractivity contribution is -0.147. The molecule has 2 amide bonds. The van der Waals surface area contributed by atoms with Gasteiger partial charge in [0, 0.05) is 5.56 Å². The fraction of sp³-hybridized carbons (Fsp3) is 0.500. The molecule has 5 nitrogen and oxygen atoms in total. The van der Waals surface area contributed by atoms with Crippen LogP contribution in [0.1, 0.15) is 31.9 Å². The van der Waals surface area contributed by atoms with E-state index in [9.17, 15) is 9.59 Å². The Bertz CT molecular complexity index is 570. The first-order valence-electron chi connectivity index (χ1n) is 7.38. The Kier molecular flexibility index (Phi) is 3.57. The Hall–Kier alpha value is -2.04. The fourth-order valence-corrected chi connectivity index (χ4v) is 3.03. The predicted molar refractivity (Wildman–Crippen MR) is 77.8 cm³/mol. The third kappa shape index (κ3) is 2.60. The smallest absolute Gasteiger partial charge is 0.246 e. The van der Waals surface area contributed by atoms with Gasteiger partial charge in [0.05, 0.1) is 6.04 Å². The van der Waals surface area contributed by atoms with Crippen LogP contribution in [0.3, 0.4) is 0 Å². The van der Waals surface area contributed by atoms with E-state index in [-0.39, 0.29) is 24.4 Å². The highest BCUT2D eigenvalue weighted by Crippen LogP contribution is 2.36. The normalized spacial score (nSPS) is 24.8. The Balaban J connectivity index is 1.84. The molecule has 1 fully saturated rings. The van der Waals surface area contributed by atoms with Gasteiger partial charge < -0.3 is 15.0 Å². The summed E-state index contributed by atoms with van der Waals surface area (Å²) < 4.78 is 5.64. The molecule has 2 aliphatic rings. The maximum atomic E-state index is 12.7. The molecule has 0 aliphatic carbocycles. The Morgan fingerprint density at radius 2 is 2.10 bits per heavy atom. The average Bonchev–Trinajstić information content (AvgIpc) is 2.86. The zero-order valence-electron chi connectivity index (χ0n) is 12.3. The van der Waals surface area contributed by atoms with Gasteiger partial charge in [-0.1, -0.05) is 32.0 Å². The minimum Gasteiger partial charge on any atom is -0.491 e. The van der Waals surface area contributed by atoms with Crippen LogP contribution in [-0.2, 0) is 9.59 Å². The molecule has 2 unspecified atom stereocenters. The molecule has 0 aromatic heterocycles. The van der Waals surface area contributed by atoms with Crippen molar-refractivity contribution in [1.29, 1.82) is 0 Å². The van der Waals surface area contributed by atoms with Crippen molar-refractivity contribution in [3.05, 3.63) is 29.8 Å². The largest absolute Gasteiger partial charge is 0.491 e. The number of amides is 2. The van der Waals surface area contributed by atoms with Crippen molar-refractivity contribution >= 4 is 11.8 Å². The molecule has 0 spiro atoms. The van der Waals surface area contributed by atoms with Crippen LogP contribution in [-0.4, -0.2) is 35.9 Å². The molecule has 0 bridgehead atoms. The minimum absolute atomic E-state index is 0.00592. The molecular formula is C16H20N2O3. The van der Waals surface area contributed by atoms with Crippen LogP contribution in [0.15, 0.2) is 24.3 Å². The summed E-state index contributed by atoms with van der Waals surface area (Å²) in [5.74, 6) is 1.06. The number of para-hydroxylation sites is 1. The Morgan fingerprint density at radius 1 is 1.33 bits per heavy atom. The van der Waals surface area contributed by atoms with E-state index in [0.29, 0.717) is 18.9 Å². The summed E-state index contributed by atoms with van der Waals surface area (Å²) in [6.45, 7) is 4.63. The average molecular weight is 288 g/mol. The van der Waals surface area contributed by atoms with E-state index in [1.807, 2.05) is 38.1 Å². The standard InChI is InChI=1S/C16H20N2O3/c1-10(2)7-12-16(20)18(8-15(19)17-12)13-9-21-14-6-4-3-5-11(13)14/h3-6,10,12-13H,7-9H2,1-2H3,(H,17,19). The molecule has 1 saturated heterocycles. The molecule has 1 aromatic carbocycles. The van der Waals surface area contributed by atoms with Crippen LogP contribution < -0.4 is 10.1 Å². The van der Waals surface area contributed by atoms with Gasteiger partial charge in [-0.2, -0.15) is 0 Å². The number of ether oxygens (including phenoxy) is 1. The molecule has 2 atom stereocenters. The molecule has 1 N–H and O–H groups in total. The summed E-state index contributed by atoms with van der Waals surface area (Å²) in [5.41, 5.74) is 0.990. The van der Waals surface area contributed by atoms with Crippen LogP contribution in [0.25, 0.3) is 0 Å². The second-order valence-electron chi connectivity index (χ2n) is 6.08. The number of carbonyl (C=O) groups is 2. The van der Waals surface area contributed by atoms with Crippen molar-refractivity contribution in [3.8, 4) is 5.75 Å². The molecule has 5 heteroatoms. The number of hydrogen-bond donors (Lipinski definition) is 1. The van der Waals surface area contributed by atoms with E-state index in [1.54, 1.807) is 4.90 Å². The highest BCUT2D eigenvalue weighted by molar-refractivity contribution is 5.95. The number of hydrogen-bond acceptors (Lipinski definition) is 3. The van der Waals surface area contributed by atoms with Gasteiger partial charge in [0.1, 0.15) is 24.9 Å². The molecular weight excluding hydrogens is 268 g/mol. The van der Waals surface area contributed by atoms with Crippen molar-refractivity contribution in [2.75, 3.05) is 13.2 Å². The number of carbonyl (C=O) groups excluding carboxylic acids is 2. The second kappa shape index (κ2) is 5.39. The topological polar surface area (TPSA) is 58.6 Å². The van der Waals surface area contributed by atoms with Gasteiger partial charge in [-0.25, -0.2) is 0 Å². The van der Waals surface area contributed by atoms with E-state index in [1.165, 1.54) is 0 Å². The molecule has 112 valence electrons. The lowest BCUT2D eigenvalue weighted by Crippen LogP contribution is -2.59. The van der Waals surface area contributed by atoms with Gasteiger partial charge in [-0.05, 0) is 18.4 Å². The Morgan fingerprint density at radius 3 is 2.86 bits per heavy atom. The second-order valence-corrected chi connectivity index (χ2v) is 6.08. The van der Waals surface area contributed by atoms with Crippen LogP contribution in [0, 0.1) is 5.92 Å². The van der Waals surface area contributed by atoms with Gasteiger partial charge >= 0.3 is 0 Å². The van der Waals surface area contributed by atoms with E-state index in [4.69, 9.17) is 4.74 Å².